The first-order chi connectivity index (χ1) is 17.8. The highest BCUT2D eigenvalue weighted by atomic mass is 79.9. The van der Waals surface area contributed by atoms with Crippen LogP contribution >= 0.6 is 79.6 Å². The zero-order valence-corrected chi connectivity index (χ0v) is 31.4. The zero-order chi connectivity index (χ0) is 27.5. The summed E-state index contributed by atoms with van der Waals surface area (Å²) in [6.07, 6.45) is 18.3. The molecule has 0 aliphatic heterocycles. The molecule has 0 aromatic heterocycles. The van der Waals surface area contributed by atoms with E-state index in [0.717, 1.165) is 35.2 Å². The summed E-state index contributed by atoms with van der Waals surface area (Å²) in [5.41, 5.74) is 11.1. The van der Waals surface area contributed by atoms with Crippen molar-refractivity contribution in [3.05, 3.63) is 50.2 Å². The van der Waals surface area contributed by atoms with E-state index in [-0.39, 0.29) is 0 Å². The molecule has 0 saturated carbocycles. The van der Waals surface area contributed by atoms with Crippen LogP contribution in [-0.4, -0.2) is 0 Å². The average Bonchev–Trinajstić information content (AvgIpc) is 2.90. The van der Waals surface area contributed by atoms with Crippen molar-refractivity contribution in [1.29, 1.82) is 0 Å². The monoisotopic (exact) mass is 824 g/mol. The standard InChI is InChI=1S/C32H45Br5/c1-6-11-16-21-22(17-12-7-2)24(19-14-9-4)26(25(20-15-10-5)23(21)18-13-8-3)27-28(33)30(35)32(37)31(36)29(27)34/h6-20H2,1-5H3. The van der Waals surface area contributed by atoms with E-state index < -0.39 is 0 Å². The molecule has 0 unspecified atom stereocenters. The van der Waals surface area contributed by atoms with Crippen LogP contribution in [0.25, 0.3) is 11.1 Å². The maximum atomic E-state index is 4.04. The van der Waals surface area contributed by atoms with Crippen LogP contribution in [0.15, 0.2) is 22.4 Å². The third kappa shape index (κ3) is 8.43. The highest BCUT2D eigenvalue weighted by molar-refractivity contribution is 9.15. The second kappa shape index (κ2) is 17.6. The summed E-state index contributed by atoms with van der Waals surface area (Å²) >= 11 is 19.7. The van der Waals surface area contributed by atoms with Crippen molar-refractivity contribution in [1.82, 2.24) is 0 Å². The molecule has 0 radical (unpaired) electrons. The molecule has 0 fully saturated rings. The molecule has 0 heterocycles. The molecular formula is C32H45Br5. The van der Waals surface area contributed by atoms with Crippen LogP contribution in [0.5, 0.6) is 0 Å². The van der Waals surface area contributed by atoms with Crippen LogP contribution in [0.4, 0.5) is 0 Å². The summed E-state index contributed by atoms with van der Waals surface area (Å²) in [6, 6.07) is 0. The van der Waals surface area contributed by atoms with E-state index in [0.29, 0.717) is 0 Å². The number of rotatable bonds is 16. The first kappa shape index (κ1) is 34.0. The van der Waals surface area contributed by atoms with E-state index in [9.17, 15) is 0 Å². The Morgan fingerprint density at radius 3 is 0.865 bits per heavy atom. The average molecular weight is 829 g/mol. The smallest absolute Gasteiger partial charge is 0.0482 e. The molecule has 0 N–H and O–H groups in total. The van der Waals surface area contributed by atoms with Crippen molar-refractivity contribution in [2.75, 3.05) is 0 Å². The molecule has 2 aromatic rings. The van der Waals surface area contributed by atoms with Gasteiger partial charge in [0.1, 0.15) is 0 Å². The van der Waals surface area contributed by atoms with Crippen LogP contribution in [0.2, 0.25) is 0 Å². The van der Waals surface area contributed by atoms with Gasteiger partial charge in [-0.05, 0) is 177 Å². The van der Waals surface area contributed by atoms with Crippen molar-refractivity contribution in [2.24, 2.45) is 0 Å². The van der Waals surface area contributed by atoms with Crippen LogP contribution in [0.3, 0.4) is 0 Å². The fraction of sp³-hybridized carbons (Fsp3) is 0.625. The van der Waals surface area contributed by atoms with E-state index in [4.69, 9.17) is 0 Å². The van der Waals surface area contributed by atoms with Crippen molar-refractivity contribution in [3.8, 4) is 11.1 Å². The second-order valence-corrected chi connectivity index (χ2v) is 14.2. The van der Waals surface area contributed by atoms with Crippen molar-refractivity contribution >= 4 is 79.6 Å². The molecule has 0 aliphatic carbocycles. The van der Waals surface area contributed by atoms with Gasteiger partial charge in [0.25, 0.3) is 0 Å². The third-order valence-electron chi connectivity index (χ3n) is 7.42. The largest absolute Gasteiger partial charge is 0.0654 e. The van der Waals surface area contributed by atoms with Gasteiger partial charge in [0.15, 0.2) is 0 Å². The number of benzene rings is 2. The Hall–Kier alpha value is 0.840. The molecule has 0 spiro atoms. The molecule has 0 saturated heterocycles. The fourth-order valence-corrected chi connectivity index (χ4v) is 8.82. The molecule has 0 nitrogen and oxygen atoms in total. The SMILES string of the molecule is CCCCc1c(CCCC)c(CCCC)c(-c2c(Br)c(Br)c(Br)c(Br)c2Br)c(CCCC)c1CCCC. The number of hydrogen-bond donors (Lipinski definition) is 0. The summed E-state index contributed by atoms with van der Waals surface area (Å²) in [5, 5.41) is 0. The summed E-state index contributed by atoms with van der Waals surface area (Å²) in [6.45, 7) is 11.7. The van der Waals surface area contributed by atoms with Crippen molar-refractivity contribution < 1.29 is 0 Å². The first-order valence-corrected chi connectivity index (χ1v) is 18.5. The van der Waals surface area contributed by atoms with Gasteiger partial charge in [0, 0.05) is 27.9 Å². The van der Waals surface area contributed by atoms with Gasteiger partial charge in [0.2, 0.25) is 0 Å². The number of unbranched alkanes of at least 4 members (excludes halogenated alkanes) is 5. The van der Waals surface area contributed by atoms with Gasteiger partial charge in [0.05, 0.1) is 0 Å². The molecule has 0 bridgehead atoms. The van der Waals surface area contributed by atoms with Gasteiger partial charge in [-0.15, -0.1) is 0 Å². The Kier molecular flexibility index (Phi) is 16.2. The predicted molar refractivity (Wildman–Crippen MR) is 183 cm³/mol. The Bertz CT molecular complexity index is 955. The van der Waals surface area contributed by atoms with Gasteiger partial charge in [-0.25, -0.2) is 0 Å². The lowest BCUT2D eigenvalue weighted by molar-refractivity contribution is 0.706. The minimum Gasteiger partial charge on any atom is -0.0654 e. The van der Waals surface area contributed by atoms with Gasteiger partial charge in [-0.2, -0.15) is 0 Å². The van der Waals surface area contributed by atoms with E-state index in [1.807, 2.05) is 0 Å². The topological polar surface area (TPSA) is 0 Å². The number of halogens is 5. The zero-order valence-electron chi connectivity index (χ0n) is 23.5. The highest BCUT2D eigenvalue weighted by Crippen LogP contribution is 2.52. The molecule has 2 rings (SSSR count). The molecule has 2 aromatic carbocycles. The highest BCUT2D eigenvalue weighted by Gasteiger charge is 2.28. The molecule has 37 heavy (non-hydrogen) atoms. The maximum Gasteiger partial charge on any atom is 0.0482 e. The van der Waals surface area contributed by atoms with Crippen molar-refractivity contribution in [3.63, 3.8) is 0 Å². The molecule has 208 valence electrons. The van der Waals surface area contributed by atoms with E-state index in [2.05, 4.69) is 114 Å². The Labute approximate surface area is 269 Å². The fourth-order valence-electron chi connectivity index (χ4n) is 5.38. The Balaban J connectivity index is 3.16. The van der Waals surface area contributed by atoms with Crippen LogP contribution in [0, 0.1) is 0 Å². The molecule has 0 amide bonds. The summed E-state index contributed by atoms with van der Waals surface area (Å²) in [5.74, 6) is 0. The van der Waals surface area contributed by atoms with Crippen molar-refractivity contribution in [2.45, 2.75) is 131 Å². The minimum atomic E-state index is 1.04. The minimum absolute atomic E-state index is 1.04. The summed E-state index contributed by atoms with van der Waals surface area (Å²) in [4.78, 5) is 0. The second-order valence-electron chi connectivity index (χ2n) is 10.2. The predicted octanol–water partition coefficient (Wildman–Crippen LogP) is 13.9. The summed E-state index contributed by atoms with van der Waals surface area (Å²) < 4.78 is 5.45. The lowest BCUT2D eigenvalue weighted by Gasteiger charge is -2.29. The van der Waals surface area contributed by atoms with E-state index in [1.165, 1.54) is 94.6 Å². The van der Waals surface area contributed by atoms with Gasteiger partial charge < -0.3 is 0 Å². The first-order valence-electron chi connectivity index (χ1n) is 14.5. The lowest BCUT2D eigenvalue weighted by Crippen LogP contribution is -2.14. The third-order valence-corrected chi connectivity index (χ3v) is 13.5. The quantitative estimate of drug-likeness (QED) is 0.117. The van der Waals surface area contributed by atoms with Gasteiger partial charge >= 0.3 is 0 Å². The maximum absolute atomic E-state index is 4.04. The molecule has 0 atom stereocenters. The van der Waals surface area contributed by atoms with Crippen LogP contribution in [0.1, 0.15) is 127 Å². The number of hydrogen-bond acceptors (Lipinski definition) is 0. The van der Waals surface area contributed by atoms with Gasteiger partial charge in [-0.3, -0.25) is 0 Å². The molecular weight excluding hydrogens is 784 g/mol. The normalized spacial score (nSPS) is 11.5. The molecule has 0 aliphatic rings. The van der Waals surface area contributed by atoms with Crippen LogP contribution in [-0.2, 0) is 32.1 Å². The Morgan fingerprint density at radius 2 is 0.568 bits per heavy atom. The Morgan fingerprint density at radius 1 is 0.324 bits per heavy atom. The van der Waals surface area contributed by atoms with E-state index >= 15 is 0 Å². The van der Waals surface area contributed by atoms with E-state index in [1.54, 1.807) is 27.8 Å². The summed E-state index contributed by atoms with van der Waals surface area (Å²) in [7, 11) is 0. The molecule has 5 heteroatoms. The van der Waals surface area contributed by atoms with Gasteiger partial charge in [-0.1, -0.05) is 66.7 Å². The lowest BCUT2D eigenvalue weighted by atomic mass is 9.77. The van der Waals surface area contributed by atoms with Crippen LogP contribution < -0.4 is 0 Å².